The van der Waals surface area contributed by atoms with Crippen molar-refractivity contribution in [3.05, 3.63) is 78.6 Å². The Morgan fingerprint density at radius 2 is 1.89 bits per heavy atom. The molecule has 0 radical (unpaired) electrons. The van der Waals surface area contributed by atoms with Crippen molar-refractivity contribution in [1.82, 2.24) is 40.1 Å². The summed E-state index contributed by atoms with van der Waals surface area (Å²) in [7, 11) is 0. The second-order valence-electron chi connectivity index (χ2n) is 10.9. The molecule has 5 aromatic rings. The molecule has 6 heterocycles. The van der Waals surface area contributed by atoms with Crippen LogP contribution in [0.15, 0.2) is 67.1 Å². The van der Waals surface area contributed by atoms with Crippen LogP contribution in [-0.4, -0.2) is 77.0 Å². The maximum atomic E-state index is 12.7. The highest BCUT2D eigenvalue weighted by Gasteiger charge is 2.41. The van der Waals surface area contributed by atoms with Crippen molar-refractivity contribution < 1.29 is 9.90 Å². The molecule has 44 heavy (non-hydrogen) atoms. The molecular formula is C31H29N11O2. The first-order valence-electron chi connectivity index (χ1n) is 14.3. The number of fused-ring (bicyclic) bond motifs is 3. The third kappa shape index (κ3) is 5.17. The van der Waals surface area contributed by atoms with Crippen LogP contribution in [0.4, 0.5) is 17.3 Å². The number of hydrogen-bond donors (Lipinski definition) is 3. The quantitative estimate of drug-likeness (QED) is 0.259. The first kappa shape index (κ1) is 27.1. The Morgan fingerprint density at radius 3 is 2.68 bits per heavy atom. The molecule has 2 saturated heterocycles. The molecule has 1 aromatic carbocycles. The molecule has 4 aromatic heterocycles. The molecule has 1 amide bonds. The summed E-state index contributed by atoms with van der Waals surface area (Å²) in [6.07, 6.45) is 7.12. The number of aromatic hydroxyl groups is 1. The Labute approximate surface area is 252 Å². The van der Waals surface area contributed by atoms with Gasteiger partial charge >= 0.3 is 0 Å². The summed E-state index contributed by atoms with van der Waals surface area (Å²) >= 11 is 0. The number of nitrogens with two attached hydrogens (primary N) is 1. The van der Waals surface area contributed by atoms with E-state index < -0.39 is 6.04 Å². The van der Waals surface area contributed by atoms with Gasteiger partial charge in [0.15, 0.2) is 17.2 Å². The zero-order valence-corrected chi connectivity index (χ0v) is 23.9. The number of benzene rings is 1. The van der Waals surface area contributed by atoms with Crippen LogP contribution in [0.5, 0.6) is 5.75 Å². The van der Waals surface area contributed by atoms with Crippen molar-refractivity contribution in [3.63, 3.8) is 0 Å². The summed E-state index contributed by atoms with van der Waals surface area (Å²) in [6.45, 7) is 3.27. The van der Waals surface area contributed by atoms with Crippen LogP contribution in [0.25, 0.3) is 16.9 Å². The lowest BCUT2D eigenvalue weighted by atomic mass is 10.1. The summed E-state index contributed by atoms with van der Waals surface area (Å²) in [5.41, 5.74) is 9.14. The highest BCUT2D eigenvalue weighted by Crippen LogP contribution is 2.38. The fourth-order valence-electron chi connectivity index (χ4n) is 5.91. The van der Waals surface area contributed by atoms with Crippen LogP contribution in [0, 0.1) is 11.8 Å². The van der Waals surface area contributed by atoms with E-state index in [9.17, 15) is 9.90 Å². The number of nitrogens with one attached hydrogen (secondary N) is 1. The third-order valence-electron chi connectivity index (χ3n) is 7.93. The van der Waals surface area contributed by atoms with E-state index in [2.05, 4.69) is 52.2 Å². The molecule has 0 saturated carbocycles. The number of nitrogens with zero attached hydrogens (tertiary/aromatic N) is 9. The minimum atomic E-state index is -0.450. The van der Waals surface area contributed by atoms with Gasteiger partial charge in [-0.2, -0.15) is 5.10 Å². The van der Waals surface area contributed by atoms with Crippen LogP contribution >= 0.6 is 0 Å². The average Bonchev–Trinajstić information content (AvgIpc) is 3.59. The number of aromatic nitrogens is 7. The Morgan fingerprint density at radius 1 is 1.07 bits per heavy atom. The molecule has 0 spiro atoms. The molecule has 2 aliphatic heterocycles. The van der Waals surface area contributed by atoms with Crippen LogP contribution in [0.3, 0.4) is 0 Å². The number of carbonyl (C=O) groups excluding carboxylic acids is 1. The lowest BCUT2D eigenvalue weighted by Gasteiger charge is -2.42. The largest absolute Gasteiger partial charge is 0.507 e. The summed E-state index contributed by atoms with van der Waals surface area (Å²) in [4.78, 5) is 30.6. The normalized spacial score (nSPS) is 18.1. The smallest absolute Gasteiger partial charge is 0.272 e. The Bertz CT molecular complexity index is 1880. The SMILES string of the molecule is CC(C#Cc1nccc(N2C3CCC2CN(c2cc(-c4ccccc4O)nnc2N)C3)n1)NC(=O)c1cc2ncccn2n1. The fourth-order valence-corrected chi connectivity index (χ4v) is 5.91. The molecule has 3 atom stereocenters. The van der Waals surface area contributed by atoms with Crippen molar-refractivity contribution in [3.8, 4) is 28.8 Å². The van der Waals surface area contributed by atoms with Crippen molar-refractivity contribution >= 4 is 28.9 Å². The molecule has 2 aliphatic rings. The highest BCUT2D eigenvalue weighted by atomic mass is 16.3. The predicted octanol–water partition coefficient (Wildman–Crippen LogP) is 2.29. The number of hydrogen-bond acceptors (Lipinski definition) is 11. The first-order valence-corrected chi connectivity index (χ1v) is 14.3. The van der Waals surface area contributed by atoms with Gasteiger partial charge in [0, 0.05) is 55.4 Å². The van der Waals surface area contributed by atoms with Gasteiger partial charge in [0.05, 0.1) is 17.4 Å². The van der Waals surface area contributed by atoms with E-state index in [1.165, 1.54) is 0 Å². The Kier molecular flexibility index (Phi) is 6.86. The van der Waals surface area contributed by atoms with Gasteiger partial charge in [-0.1, -0.05) is 18.1 Å². The van der Waals surface area contributed by atoms with Crippen molar-refractivity contribution in [2.45, 2.75) is 37.9 Å². The Balaban J connectivity index is 1.04. The van der Waals surface area contributed by atoms with E-state index in [4.69, 9.17) is 10.7 Å². The van der Waals surface area contributed by atoms with Gasteiger partial charge in [0.1, 0.15) is 11.6 Å². The topological polar surface area (TPSA) is 164 Å². The molecule has 3 unspecified atom stereocenters. The number of nitrogen functional groups attached to an aromatic ring is 1. The molecule has 13 heteroatoms. The highest BCUT2D eigenvalue weighted by molar-refractivity contribution is 5.93. The summed E-state index contributed by atoms with van der Waals surface area (Å²) < 4.78 is 1.55. The van der Waals surface area contributed by atoms with Gasteiger partial charge in [-0.3, -0.25) is 4.79 Å². The third-order valence-corrected chi connectivity index (χ3v) is 7.93. The van der Waals surface area contributed by atoms with Crippen LogP contribution in [0.2, 0.25) is 0 Å². The number of anilines is 3. The minimum Gasteiger partial charge on any atom is -0.507 e. The molecule has 0 aliphatic carbocycles. The molecule has 2 fully saturated rings. The van der Waals surface area contributed by atoms with Crippen molar-refractivity contribution in [2.24, 2.45) is 0 Å². The number of phenols is 1. The fraction of sp³-hybridized carbons (Fsp3) is 0.258. The van der Waals surface area contributed by atoms with E-state index in [0.29, 0.717) is 28.5 Å². The zero-order chi connectivity index (χ0) is 30.2. The van der Waals surface area contributed by atoms with E-state index in [-0.39, 0.29) is 29.4 Å². The summed E-state index contributed by atoms with van der Waals surface area (Å²) in [5.74, 6) is 7.42. The molecule has 220 valence electrons. The molecule has 4 N–H and O–H groups in total. The van der Waals surface area contributed by atoms with E-state index in [1.807, 2.05) is 24.3 Å². The number of piperazine rings is 1. The molecule has 13 nitrogen and oxygen atoms in total. The average molecular weight is 588 g/mol. The number of rotatable bonds is 5. The molecular weight excluding hydrogens is 558 g/mol. The minimum absolute atomic E-state index is 0.145. The first-order chi connectivity index (χ1) is 21.4. The Hall–Kier alpha value is -5.77. The van der Waals surface area contributed by atoms with Gasteiger partial charge in [-0.25, -0.2) is 19.5 Å². The second-order valence-corrected chi connectivity index (χ2v) is 10.9. The molecule has 7 rings (SSSR count). The number of phenolic OH excluding ortho intramolecular Hbond substituents is 1. The van der Waals surface area contributed by atoms with Gasteiger partial charge in [0.2, 0.25) is 5.82 Å². The van der Waals surface area contributed by atoms with E-state index >= 15 is 0 Å². The summed E-state index contributed by atoms with van der Waals surface area (Å²) in [5, 5.41) is 25.9. The lowest BCUT2D eigenvalue weighted by molar-refractivity contribution is 0.0942. The lowest BCUT2D eigenvalue weighted by Crippen LogP contribution is -2.54. The second kappa shape index (κ2) is 11.1. The van der Waals surface area contributed by atoms with Gasteiger partial charge in [-0.05, 0) is 56.0 Å². The number of carbonyl (C=O) groups is 1. The van der Waals surface area contributed by atoms with Gasteiger partial charge in [-0.15, -0.1) is 10.2 Å². The van der Waals surface area contributed by atoms with Crippen LogP contribution in [0.1, 0.15) is 36.1 Å². The van der Waals surface area contributed by atoms with Crippen molar-refractivity contribution in [1.29, 1.82) is 0 Å². The monoisotopic (exact) mass is 587 g/mol. The van der Waals surface area contributed by atoms with E-state index in [0.717, 1.165) is 37.4 Å². The van der Waals surface area contributed by atoms with Crippen LogP contribution in [-0.2, 0) is 0 Å². The van der Waals surface area contributed by atoms with Gasteiger partial charge < -0.3 is 26.0 Å². The molecule has 2 bridgehead atoms. The van der Waals surface area contributed by atoms with Gasteiger partial charge in [0.25, 0.3) is 5.91 Å². The number of amides is 1. The maximum Gasteiger partial charge on any atom is 0.272 e. The number of para-hydroxylation sites is 1. The maximum absolute atomic E-state index is 12.7. The van der Waals surface area contributed by atoms with Crippen molar-refractivity contribution in [2.75, 3.05) is 28.6 Å². The standard InChI is InChI=1S/C31H29N11O2/c1-19(35-31(44)24-16-29-34-12-4-14-41(29)39-24)7-10-27-33-13-11-28(36-27)42-20-8-9-21(42)18-40(17-20)25-15-23(37-38-30(25)32)22-5-2-3-6-26(22)43/h2-6,11-16,19-21,43H,8-9,17-18H2,1H3,(H2,32,38)(H,35,44). The predicted molar refractivity (Wildman–Crippen MR) is 164 cm³/mol. The van der Waals surface area contributed by atoms with Crippen LogP contribution < -0.4 is 20.9 Å². The van der Waals surface area contributed by atoms with E-state index in [1.54, 1.807) is 54.3 Å². The zero-order valence-electron chi connectivity index (χ0n) is 23.9. The summed E-state index contributed by atoms with van der Waals surface area (Å²) in [6, 6.07) is 14.2.